The molecule has 5 heterocycles. The Morgan fingerprint density at radius 2 is 1.47 bits per heavy atom. The van der Waals surface area contributed by atoms with Crippen LogP contribution in [0.15, 0.2) is 43.5 Å². The van der Waals surface area contributed by atoms with Crippen molar-refractivity contribution in [1.82, 2.24) is 19.9 Å². The summed E-state index contributed by atoms with van der Waals surface area (Å²) >= 11 is 0. The van der Waals surface area contributed by atoms with E-state index in [2.05, 4.69) is 18.1 Å². The maximum Gasteiger partial charge on any atom is 0.303 e. The molecule has 4 N–H and O–H groups in total. The number of nitrogens with zero attached hydrogens (tertiary/aromatic N) is 4. The molecule has 3 aromatic heterocycles. The number of aliphatic hydroxyl groups is 2. The zero-order chi connectivity index (χ0) is 32.1. The molecular weight excluding hydrogens is 616 g/mol. The summed E-state index contributed by atoms with van der Waals surface area (Å²) < 4.78 is 0. The molecule has 0 aromatic carbocycles. The number of allylic oxidation sites excluding steroid dienone is 3. The second-order valence-corrected chi connectivity index (χ2v) is 11.4. The van der Waals surface area contributed by atoms with Crippen LogP contribution in [0.3, 0.4) is 0 Å². The van der Waals surface area contributed by atoms with E-state index in [4.69, 9.17) is 15.0 Å². The second-order valence-electron chi connectivity index (χ2n) is 11.4. The van der Waals surface area contributed by atoms with Gasteiger partial charge in [-0.15, -0.1) is 22.1 Å². The Balaban J connectivity index is 0.00000461. The average Bonchev–Trinajstić information content (AvgIpc) is 3.58. The summed E-state index contributed by atoms with van der Waals surface area (Å²) in [5.41, 5.74) is 3.91. The largest absolute Gasteiger partial charge is 0.657 e. The van der Waals surface area contributed by atoms with E-state index in [-0.39, 0.29) is 47.7 Å². The number of aliphatic carboxylic acids is 2. The smallest absolute Gasteiger partial charge is 0.303 e. The minimum absolute atomic E-state index is 0. The van der Waals surface area contributed by atoms with Crippen LogP contribution in [0.25, 0.3) is 39.3 Å². The molecular formula is C34H34FeN4O6-2. The molecule has 0 radical (unpaired) electrons. The number of aryl methyl sites for hydroxylation is 3. The fourth-order valence-corrected chi connectivity index (χ4v) is 5.95. The van der Waals surface area contributed by atoms with Gasteiger partial charge in [0.15, 0.2) is 0 Å². The average molecular weight is 651 g/mol. The molecule has 0 fully saturated rings. The van der Waals surface area contributed by atoms with Crippen LogP contribution in [0.1, 0.15) is 78.1 Å². The number of hydrogen-bond acceptors (Lipinski definition) is 6. The van der Waals surface area contributed by atoms with Crippen molar-refractivity contribution in [3.05, 3.63) is 88.5 Å². The third-order valence-electron chi connectivity index (χ3n) is 8.76. The summed E-state index contributed by atoms with van der Waals surface area (Å²) in [5, 5.41) is 42.8. The number of rotatable bonds is 8. The molecule has 236 valence electrons. The maximum absolute atomic E-state index is 12.0. The predicted molar refractivity (Wildman–Crippen MR) is 167 cm³/mol. The summed E-state index contributed by atoms with van der Waals surface area (Å²) in [6.45, 7) is 15.0. The summed E-state index contributed by atoms with van der Waals surface area (Å²) in [6.07, 6.45) is 2.61. The normalized spacial score (nSPS) is 19.2. The second kappa shape index (κ2) is 12.3. The molecule has 10 nitrogen and oxygen atoms in total. The Morgan fingerprint density at radius 1 is 0.822 bits per heavy atom. The third kappa shape index (κ3) is 5.68. The van der Waals surface area contributed by atoms with E-state index in [1.165, 1.54) is 13.0 Å². The molecule has 0 unspecified atom stereocenters. The van der Waals surface area contributed by atoms with Gasteiger partial charge in [-0.2, -0.15) is 0 Å². The summed E-state index contributed by atoms with van der Waals surface area (Å²) in [6, 6.07) is 6.75. The number of aromatic nitrogens is 4. The first kappa shape index (κ1) is 33.6. The predicted octanol–water partition coefficient (Wildman–Crippen LogP) is 4.92. The fraction of sp³-hybridized carbons (Fsp3) is 0.294. The van der Waals surface area contributed by atoms with Crippen LogP contribution in [0.5, 0.6) is 0 Å². The Bertz CT molecular complexity index is 1950. The van der Waals surface area contributed by atoms with E-state index >= 15 is 0 Å². The van der Waals surface area contributed by atoms with Crippen LogP contribution in [0, 0.1) is 13.8 Å². The van der Waals surface area contributed by atoms with E-state index in [1.807, 2.05) is 32.9 Å². The van der Waals surface area contributed by atoms with E-state index in [0.29, 0.717) is 44.6 Å². The van der Waals surface area contributed by atoms with Gasteiger partial charge in [-0.05, 0) is 57.7 Å². The van der Waals surface area contributed by atoms with E-state index in [1.54, 1.807) is 18.2 Å². The van der Waals surface area contributed by atoms with Crippen LogP contribution in [0.4, 0.5) is 0 Å². The van der Waals surface area contributed by atoms with Crippen LogP contribution < -0.4 is 9.97 Å². The minimum Gasteiger partial charge on any atom is -0.657 e. The Morgan fingerprint density at radius 3 is 2.09 bits per heavy atom. The molecule has 3 aromatic rings. The Kier molecular flexibility index (Phi) is 9.15. The van der Waals surface area contributed by atoms with Crippen molar-refractivity contribution in [3.63, 3.8) is 0 Å². The van der Waals surface area contributed by atoms with E-state index in [0.717, 1.165) is 22.3 Å². The van der Waals surface area contributed by atoms with Gasteiger partial charge in [0.25, 0.3) is 0 Å². The number of hydrogen-bond donors (Lipinski definition) is 4. The van der Waals surface area contributed by atoms with E-state index < -0.39 is 29.6 Å². The molecule has 8 bridgehead atoms. The van der Waals surface area contributed by atoms with Crippen molar-refractivity contribution in [2.75, 3.05) is 0 Å². The quantitative estimate of drug-likeness (QED) is 0.246. The van der Waals surface area contributed by atoms with Gasteiger partial charge in [-0.25, -0.2) is 4.98 Å². The number of carboxylic acid groups (broad SMARTS) is 2. The molecule has 0 spiro atoms. The van der Waals surface area contributed by atoms with Gasteiger partial charge in [-0.3, -0.25) is 14.6 Å². The first-order chi connectivity index (χ1) is 20.7. The molecule has 11 heteroatoms. The topological polar surface area (TPSA) is 169 Å². The first-order valence-corrected chi connectivity index (χ1v) is 14.2. The Labute approximate surface area is 270 Å². The SMILES string of the molecule is C=CC1=C(C)c2cc3[n-]c(cc4[n-]c(cc5nc(cc1n2)[C@](C)(O)[C@@]5(O)CCC(=O)O)c(CCC(=O)O)c4C)c(C)c3C=C.[Fe]. The van der Waals surface area contributed by atoms with Gasteiger partial charge < -0.3 is 30.4 Å². The van der Waals surface area contributed by atoms with Crippen molar-refractivity contribution in [2.24, 2.45) is 0 Å². The first-order valence-electron chi connectivity index (χ1n) is 14.2. The molecule has 0 aliphatic carbocycles. The minimum atomic E-state index is -2.10. The molecule has 2 atom stereocenters. The van der Waals surface area contributed by atoms with Crippen molar-refractivity contribution in [3.8, 4) is 0 Å². The van der Waals surface area contributed by atoms with Crippen molar-refractivity contribution < 1.29 is 47.1 Å². The molecule has 0 saturated heterocycles. The van der Waals surface area contributed by atoms with Gasteiger partial charge in [0.1, 0.15) is 11.2 Å². The maximum atomic E-state index is 12.0. The standard InChI is InChI=1S/C34H36N4O6.Fe/c1-7-20-17(3)23-13-24-19(5)22(9-10-31(39)40)28(37-24)16-30-34(44,12-11-32(41)42)33(6,43)29(38-30)15-27-21(8-2)18(4)25(36-27)14-26(20)35-23;/h7-8,13-16,43-44H,1-2,9-12H2,3-6H3,(H4,35,36,37,38,39,40,41,42);/p-2/t33-,34+;/m0./s1. The molecule has 2 aliphatic heterocycles. The van der Waals surface area contributed by atoms with Crippen molar-refractivity contribution in [2.45, 2.75) is 64.6 Å². The van der Waals surface area contributed by atoms with Crippen LogP contribution in [-0.4, -0.2) is 42.3 Å². The summed E-state index contributed by atoms with van der Waals surface area (Å²) in [5.74, 6) is -2.13. The van der Waals surface area contributed by atoms with Gasteiger partial charge in [0.2, 0.25) is 0 Å². The van der Waals surface area contributed by atoms with E-state index in [9.17, 15) is 30.0 Å². The molecule has 5 rings (SSSR count). The monoisotopic (exact) mass is 650 g/mol. The number of fused-ring (bicyclic) bond motifs is 8. The fourth-order valence-electron chi connectivity index (χ4n) is 5.95. The summed E-state index contributed by atoms with van der Waals surface area (Å²) in [4.78, 5) is 42.3. The van der Waals surface area contributed by atoms with Crippen molar-refractivity contribution >= 4 is 51.2 Å². The summed E-state index contributed by atoms with van der Waals surface area (Å²) in [7, 11) is 0. The van der Waals surface area contributed by atoms with Gasteiger partial charge >= 0.3 is 11.9 Å². The van der Waals surface area contributed by atoms with Gasteiger partial charge in [0, 0.05) is 35.5 Å². The molecule has 0 amide bonds. The third-order valence-corrected chi connectivity index (χ3v) is 8.76. The zero-order valence-corrected chi connectivity index (χ0v) is 26.6. The number of carbonyl (C=O) groups is 2. The van der Waals surface area contributed by atoms with Crippen LogP contribution in [-0.2, 0) is 44.3 Å². The van der Waals surface area contributed by atoms with Crippen molar-refractivity contribution in [1.29, 1.82) is 0 Å². The number of carboxylic acids is 2. The van der Waals surface area contributed by atoms with Crippen LogP contribution >= 0.6 is 0 Å². The Hall–Kier alpha value is -4.28. The molecule has 45 heavy (non-hydrogen) atoms. The van der Waals surface area contributed by atoms with Gasteiger partial charge in [-0.1, -0.05) is 60.2 Å². The van der Waals surface area contributed by atoms with Gasteiger partial charge in [0.05, 0.1) is 22.8 Å². The molecule has 0 saturated carbocycles. The van der Waals surface area contributed by atoms with Crippen LogP contribution in [0.2, 0.25) is 0 Å². The zero-order valence-electron chi connectivity index (χ0n) is 25.5. The molecule has 2 aliphatic rings.